The Morgan fingerprint density at radius 3 is 3.17 bits per heavy atom. The molecule has 2 heterocycles. The Labute approximate surface area is 70.3 Å². The van der Waals surface area contributed by atoms with E-state index in [4.69, 9.17) is 4.84 Å². The van der Waals surface area contributed by atoms with Crippen LogP contribution in [0.1, 0.15) is 11.1 Å². The zero-order chi connectivity index (χ0) is 8.39. The lowest BCUT2D eigenvalue weighted by atomic mass is 10.1. The molecule has 4 nitrogen and oxygen atoms in total. The van der Waals surface area contributed by atoms with E-state index < -0.39 is 0 Å². The van der Waals surface area contributed by atoms with Crippen molar-refractivity contribution in [3.63, 3.8) is 0 Å². The normalized spacial score (nSPS) is 15.6. The maximum absolute atomic E-state index is 4.89. The number of aryl methyl sites for hydroxylation is 1. The average molecular weight is 163 g/mol. The molecule has 0 spiro atoms. The van der Waals surface area contributed by atoms with E-state index in [1.807, 2.05) is 13.0 Å². The minimum absolute atomic E-state index is 0.379. The van der Waals surface area contributed by atoms with Crippen LogP contribution in [-0.2, 0) is 4.84 Å². The molecule has 0 fully saturated rings. The fourth-order valence-corrected chi connectivity index (χ4v) is 1.08. The molecule has 12 heavy (non-hydrogen) atoms. The van der Waals surface area contributed by atoms with Gasteiger partial charge in [-0.1, -0.05) is 0 Å². The van der Waals surface area contributed by atoms with E-state index >= 15 is 0 Å². The van der Waals surface area contributed by atoms with Gasteiger partial charge in [-0.25, -0.2) is 10.5 Å². The summed E-state index contributed by atoms with van der Waals surface area (Å²) in [6.07, 6.45) is 3.53. The van der Waals surface area contributed by atoms with E-state index in [9.17, 15) is 0 Å². The van der Waals surface area contributed by atoms with Crippen molar-refractivity contribution in [1.82, 2.24) is 10.5 Å². The number of aromatic nitrogens is 1. The second kappa shape index (κ2) is 2.91. The third-order valence-corrected chi connectivity index (χ3v) is 1.75. The van der Waals surface area contributed by atoms with Crippen LogP contribution in [0.4, 0.5) is 0 Å². The molecular formula is C8H9N3O. The Bertz CT molecular complexity index is 322. The first kappa shape index (κ1) is 7.24. The van der Waals surface area contributed by atoms with Gasteiger partial charge in [0.25, 0.3) is 0 Å². The molecule has 0 aliphatic carbocycles. The number of aliphatic imine (C=N–C) groups is 1. The van der Waals surface area contributed by atoms with Crippen molar-refractivity contribution in [2.24, 2.45) is 4.99 Å². The van der Waals surface area contributed by atoms with Gasteiger partial charge in [0.1, 0.15) is 0 Å². The molecule has 1 aliphatic rings. The Kier molecular flexibility index (Phi) is 1.75. The molecule has 2 rings (SSSR count). The predicted octanol–water partition coefficient (Wildman–Crippen LogP) is 0.629. The summed E-state index contributed by atoms with van der Waals surface area (Å²) < 4.78 is 0. The van der Waals surface area contributed by atoms with Gasteiger partial charge >= 0.3 is 0 Å². The molecule has 1 aromatic heterocycles. The second-order valence-electron chi connectivity index (χ2n) is 2.57. The zero-order valence-corrected chi connectivity index (χ0v) is 6.74. The molecule has 0 amide bonds. The summed E-state index contributed by atoms with van der Waals surface area (Å²) in [4.78, 5) is 13.0. The quantitative estimate of drug-likeness (QED) is 0.660. The Morgan fingerprint density at radius 1 is 1.58 bits per heavy atom. The van der Waals surface area contributed by atoms with Crippen LogP contribution >= 0.6 is 0 Å². The van der Waals surface area contributed by atoms with E-state index in [0.717, 1.165) is 17.0 Å². The molecular weight excluding hydrogens is 154 g/mol. The fourth-order valence-electron chi connectivity index (χ4n) is 1.08. The minimum Gasteiger partial charge on any atom is -0.264 e. The third kappa shape index (κ3) is 1.16. The number of hydroxylamine groups is 1. The van der Waals surface area contributed by atoms with Gasteiger partial charge in [-0.2, -0.15) is 0 Å². The second-order valence-corrected chi connectivity index (χ2v) is 2.57. The summed E-state index contributed by atoms with van der Waals surface area (Å²) in [6.45, 7) is 2.39. The zero-order valence-electron chi connectivity index (χ0n) is 6.74. The molecule has 0 aromatic carbocycles. The van der Waals surface area contributed by atoms with E-state index in [-0.39, 0.29) is 0 Å². The van der Waals surface area contributed by atoms with Crippen molar-refractivity contribution in [2.45, 2.75) is 6.92 Å². The lowest BCUT2D eigenvalue weighted by Crippen LogP contribution is -2.18. The topological polar surface area (TPSA) is 46.5 Å². The molecule has 4 heteroatoms. The highest BCUT2D eigenvalue weighted by Crippen LogP contribution is 2.07. The molecule has 62 valence electrons. The maximum atomic E-state index is 4.89. The van der Waals surface area contributed by atoms with Crippen LogP contribution in [-0.4, -0.2) is 17.6 Å². The SMILES string of the molecule is Cc1ccncc1C1=NCON1. The van der Waals surface area contributed by atoms with Crippen LogP contribution < -0.4 is 5.48 Å². The number of nitrogens with zero attached hydrogens (tertiary/aromatic N) is 2. The smallest absolute Gasteiger partial charge is 0.167 e. The molecule has 0 unspecified atom stereocenters. The van der Waals surface area contributed by atoms with Crippen LogP contribution in [0.3, 0.4) is 0 Å². The van der Waals surface area contributed by atoms with Crippen LogP contribution in [0, 0.1) is 6.92 Å². The van der Waals surface area contributed by atoms with Crippen LogP contribution in [0.25, 0.3) is 0 Å². The summed E-state index contributed by atoms with van der Waals surface area (Å²) in [6, 6.07) is 1.94. The van der Waals surface area contributed by atoms with Crippen molar-refractivity contribution < 1.29 is 4.84 Å². The van der Waals surface area contributed by atoms with Crippen molar-refractivity contribution in [3.05, 3.63) is 29.6 Å². The molecule has 1 aromatic rings. The first-order valence-corrected chi connectivity index (χ1v) is 3.71. The molecule has 0 saturated carbocycles. The van der Waals surface area contributed by atoms with Crippen molar-refractivity contribution in [2.75, 3.05) is 6.73 Å². The number of nitrogens with one attached hydrogen (secondary N) is 1. The monoisotopic (exact) mass is 163 g/mol. The molecule has 1 N–H and O–H groups in total. The first-order chi connectivity index (χ1) is 5.88. The van der Waals surface area contributed by atoms with Crippen LogP contribution in [0.15, 0.2) is 23.5 Å². The molecule has 1 aliphatic heterocycles. The highest BCUT2D eigenvalue weighted by atomic mass is 16.7. The van der Waals surface area contributed by atoms with Gasteiger partial charge in [-0.15, -0.1) is 0 Å². The molecule has 0 saturated heterocycles. The van der Waals surface area contributed by atoms with Crippen molar-refractivity contribution in [1.29, 1.82) is 0 Å². The predicted molar refractivity (Wildman–Crippen MR) is 44.6 cm³/mol. The van der Waals surface area contributed by atoms with Crippen molar-refractivity contribution >= 4 is 5.84 Å². The van der Waals surface area contributed by atoms with E-state index in [0.29, 0.717) is 6.73 Å². The number of rotatable bonds is 1. The summed E-state index contributed by atoms with van der Waals surface area (Å²) in [5.74, 6) is 0.764. The van der Waals surface area contributed by atoms with Gasteiger partial charge in [0.15, 0.2) is 12.6 Å². The highest BCUT2D eigenvalue weighted by Gasteiger charge is 2.10. The Morgan fingerprint density at radius 2 is 2.50 bits per heavy atom. The largest absolute Gasteiger partial charge is 0.264 e. The lowest BCUT2D eigenvalue weighted by molar-refractivity contribution is 0.115. The maximum Gasteiger partial charge on any atom is 0.167 e. The highest BCUT2D eigenvalue weighted by molar-refractivity contribution is 5.99. The average Bonchev–Trinajstić information content (AvgIpc) is 2.57. The molecule has 0 atom stereocenters. The Hall–Kier alpha value is -1.42. The van der Waals surface area contributed by atoms with Crippen LogP contribution in [0.5, 0.6) is 0 Å². The number of pyridine rings is 1. The molecule has 0 radical (unpaired) electrons. The fraction of sp³-hybridized carbons (Fsp3) is 0.250. The van der Waals surface area contributed by atoms with Crippen molar-refractivity contribution in [3.8, 4) is 0 Å². The van der Waals surface area contributed by atoms with Gasteiger partial charge in [-0.05, 0) is 18.6 Å². The van der Waals surface area contributed by atoms with E-state index in [1.165, 1.54) is 0 Å². The number of amidine groups is 1. The van der Waals surface area contributed by atoms with Gasteiger partial charge in [0, 0.05) is 18.0 Å². The standard InChI is InChI=1S/C8H9N3O/c1-6-2-3-9-4-7(6)8-10-5-12-11-8/h2-4H,5H2,1H3,(H,10,11). The first-order valence-electron chi connectivity index (χ1n) is 3.71. The summed E-state index contributed by atoms with van der Waals surface area (Å²) in [7, 11) is 0. The summed E-state index contributed by atoms with van der Waals surface area (Å²) >= 11 is 0. The number of hydrogen-bond acceptors (Lipinski definition) is 4. The van der Waals surface area contributed by atoms with E-state index in [1.54, 1.807) is 12.4 Å². The third-order valence-electron chi connectivity index (χ3n) is 1.75. The van der Waals surface area contributed by atoms with E-state index in [2.05, 4.69) is 15.5 Å². The van der Waals surface area contributed by atoms with Gasteiger partial charge < -0.3 is 0 Å². The summed E-state index contributed by atoms with van der Waals surface area (Å²) in [5, 5.41) is 0. The van der Waals surface area contributed by atoms with Gasteiger partial charge in [-0.3, -0.25) is 9.82 Å². The summed E-state index contributed by atoms with van der Waals surface area (Å²) in [5.41, 5.74) is 4.86. The minimum atomic E-state index is 0.379. The van der Waals surface area contributed by atoms with Gasteiger partial charge in [0.2, 0.25) is 0 Å². The lowest BCUT2D eigenvalue weighted by Gasteiger charge is -2.02. The van der Waals surface area contributed by atoms with Crippen LogP contribution in [0.2, 0.25) is 0 Å². The molecule has 0 bridgehead atoms. The number of hydrogen-bond donors (Lipinski definition) is 1. The van der Waals surface area contributed by atoms with Gasteiger partial charge in [0.05, 0.1) is 0 Å². The Balaban J connectivity index is 2.39.